The lowest BCUT2D eigenvalue weighted by atomic mass is 9.88. The van der Waals surface area contributed by atoms with Gasteiger partial charge in [-0.2, -0.15) is 0 Å². The van der Waals surface area contributed by atoms with Gasteiger partial charge in [-0.05, 0) is 83.9 Å². The molecule has 6 rings (SSSR count). The van der Waals surface area contributed by atoms with E-state index >= 15 is 0 Å². The van der Waals surface area contributed by atoms with Crippen LogP contribution < -0.4 is 4.74 Å². The summed E-state index contributed by atoms with van der Waals surface area (Å²) in [6.45, 7) is 4.17. The lowest BCUT2D eigenvalue weighted by Crippen LogP contribution is -2.25. The van der Waals surface area contributed by atoms with Crippen LogP contribution in [0.4, 0.5) is 0 Å². The highest BCUT2D eigenvalue weighted by molar-refractivity contribution is 7.22. The highest BCUT2D eigenvalue weighted by atomic mass is 32.1. The van der Waals surface area contributed by atoms with Crippen LogP contribution in [0.25, 0.3) is 20.5 Å². The van der Waals surface area contributed by atoms with Crippen molar-refractivity contribution < 1.29 is 9.84 Å². The maximum absolute atomic E-state index is 9.96. The number of hydrogen-bond acceptors (Lipinski definition) is 4. The van der Waals surface area contributed by atoms with Crippen LogP contribution in [-0.2, 0) is 0 Å². The number of nitrogens with zero attached hydrogens (tertiary/aromatic N) is 1. The molecule has 0 amide bonds. The lowest BCUT2D eigenvalue weighted by Gasteiger charge is -2.17. The number of fused-ring (bicyclic) bond motifs is 5. The van der Waals surface area contributed by atoms with Crippen LogP contribution in [0, 0.1) is 0 Å². The highest BCUT2D eigenvalue weighted by Gasteiger charge is 2.33. The fourth-order valence-electron chi connectivity index (χ4n) is 5.10. The molecule has 2 aliphatic rings. The Kier molecular flexibility index (Phi) is 4.70. The third-order valence-corrected chi connectivity index (χ3v) is 7.81. The van der Waals surface area contributed by atoms with E-state index in [1.54, 1.807) is 17.4 Å². The van der Waals surface area contributed by atoms with Crippen LogP contribution in [0.15, 0.2) is 66.7 Å². The number of thiophene rings is 1. The predicted octanol–water partition coefficient (Wildman–Crippen LogP) is 6.24. The van der Waals surface area contributed by atoms with Gasteiger partial charge in [-0.15, -0.1) is 11.3 Å². The van der Waals surface area contributed by atoms with Gasteiger partial charge in [0.05, 0.1) is 0 Å². The van der Waals surface area contributed by atoms with Crippen molar-refractivity contribution >= 4 is 21.4 Å². The first-order valence-electron chi connectivity index (χ1n) is 11.1. The van der Waals surface area contributed by atoms with Gasteiger partial charge in [-0.25, -0.2) is 0 Å². The molecule has 1 unspecified atom stereocenters. The zero-order valence-electron chi connectivity index (χ0n) is 17.4. The zero-order valence-corrected chi connectivity index (χ0v) is 18.2. The topological polar surface area (TPSA) is 32.7 Å². The molecule has 4 aromatic rings. The van der Waals surface area contributed by atoms with Crippen molar-refractivity contribution in [1.82, 2.24) is 4.90 Å². The Labute approximate surface area is 186 Å². The summed E-state index contributed by atoms with van der Waals surface area (Å²) in [5.41, 5.74) is 5.32. The molecule has 156 valence electrons. The van der Waals surface area contributed by atoms with Crippen molar-refractivity contribution in [3.63, 3.8) is 0 Å². The average Bonchev–Trinajstić information content (AvgIpc) is 3.50. The summed E-state index contributed by atoms with van der Waals surface area (Å²) in [5, 5.41) is 11.2. The van der Waals surface area contributed by atoms with Gasteiger partial charge in [0.2, 0.25) is 0 Å². The van der Waals surface area contributed by atoms with Gasteiger partial charge in [0.1, 0.15) is 18.1 Å². The Morgan fingerprint density at radius 1 is 0.968 bits per heavy atom. The SMILES string of the molecule is Oc1ccc2c3c(sc2c1)-c1ccccc1C3c1ccc(OCCN2CCCC2)cc1. The number of aromatic hydroxyl groups is 1. The molecule has 1 saturated heterocycles. The standard InChI is InChI=1S/C27H25NO2S/c29-19-9-12-23-24(17-19)31-27-22-6-2-1-5-21(22)25(26(23)27)18-7-10-20(11-8-18)30-16-15-28-13-3-4-14-28/h1-2,5-12,17,25,29H,3-4,13-16H2. The third-order valence-electron chi connectivity index (χ3n) is 6.61. The molecule has 3 aromatic carbocycles. The molecule has 1 aliphatic carbocycles. The van der Waals surface area contributed by atoms with Gasteiger partial charge in [-0.1, -0.05) is 36.4 Å². The third kappa shape index (κ3) is 3.31. The molecule has 0 spiro atoms. The largest absolute Gasteiger partial charge is 0.508 e. The molecule has 1 fully saturated rings. The van der Waals surface area contributed by atoms with Gasteiger partial charge in [0, 0.05) is 22.0 Å². The smallest absolute Gasteiger partial charge is 0.119 e. The van der Waals surface area contributed by atoms with Gasteiger partial charge >= 0.3 is 0 Å². The number of likely N-dealkylation sites (tertiary alicyclic amines) is 1. The first-order valence-corrected chi connectivity index (χ1v) is 11.9. The summed E-state index contributed by atoms with van der Waals surface area (Å²) >= 11 is 1.78. The molecule has 1 atom stereocenters. The first kappa shape index (κ1) is 18.9. The molecular weight excluding hydrogens is 402 g/mol. The molecule has 0 radical (unpaired) electrons. The zero-order chi connectivity index (χ0) is 20.8. The van der Waals surface area contributed by atoms with Crippen molar-refractivity contribution in [2.24, 2.45) is 0 Å². The molecule has 3 nitrogen and oxygen atoms in total. The molecule has 1 N–H and O–H groups in total. The monoisotopic (exact) mass is 427 g/mol. The Balaban J connectivity index is 1.32. The van der Waals surface area contributed by atoms with Crippen molar-refractivity contribution in [3.05, 3.63) is 83.4 Å². The molecule has 0 bridgehead atoms. The van der Waals surface area contributed by atoms with E-state index in [1.807, 2.05) is 6.07 Å². The number of phenolic OH excluding ortho intramolecular Hbond substituents is 1. The van der Waals surface area contributed by atoms with E-state index in [-0.39, 0.29) is 5.92 Å². The second kappa shape index (κ2) is 7.70. The minimum Gasteiger partial charge on any atom is -0.508 e. The highest BCUT2D eigenvalue weighted by Crippen LogP contribution is 2.54. The Bertz CT molecular complexity index is 1240. The summed E-state index contributed by atoms with van der Waals surface area (Å²) in [6, 6.07) is 23.1. The fraction of sp³-hybridized carbons (Fsp3) is 0.259. The normalized spacial score (nSPS) is 17.7. The van der Waals surface area contributed by atoms with Crippen LogP contribution in [0.3, 0.4) is 0 Å². The van der Waals surface area contributed by atoms with E-state index in [0.29, 0.717) is 5.75 Å². The van der Waals surface area contributed by atoms with E-state index in [2.05, 4.69) is 59.5 Å². The Morgan fingerprint density at radius 2 is 1.77 bits per heavy atom. The molecular formula is C27H25NO2S. The fourth-order valence-corrected chi connectivity index (χ4v) is 6.43. The van der Waals surface area contributed by atoms with E-state index in [9.17, 15) is 5.11 Å². The predicted molar refractivity (Wildman–Crippen MR) is 127 cm³/mol. The second-order valence-electron chi connectivity index (χ2n) is 8.51. The average molecular weight is 428 g/mol. The number of phenols is 1. The van der Waals surface area contributed by atoms with Crippen LogP contribution in [-0.4, -0.2) is 36.2 Å². The number of hydrogen-bond donors (Lipinski definition) is 1. The minimum absolute atomic E-state index is 0.211. The molecule has 0 saturated carbocycles. The summed E-state index contributed by atoms with van der Waals surface area (Å²) in [7, 11) is 0. The Morgan fingerprint density at radius 3 is 2.61 bits per heavy atom. The Hall–Kier alpha value is -2.82. The second-order valence-corrected chi connectivity index (χ2v) is 9.56. The van der Waals surface area contributed by atoms with E-state index in [4.69, 9.17) is 4.74 Å². The maximum atomic E-state index is 9.96. The van der Waals surface area contributed by atoms with Gasteiger partial charge in [-0.3, -0.25) is 4.90 Å². The first-order chi connectivity index (χ1) is 15.3. The van der Waals surface area contributed by atoms with Crippen LogP contribution in [0.2, 0.25) is 0 Å². The number of ether oxygens (including phenoxy) is 1. The van der Waals surface area contributed by atoms with Gasteiger partial charge in [0.15, 0.2) is 0 Å². The number of benzene rings is 3. The molecule has 2 heterocycles. The minimum atomic E-state index is 0.211. The summed E-state index contributed by atoms with van der Waals surface area (Å²) in [5.74, 6) is 1.48. The quantitative estimate of drug-likeness (QED) is 0.360. The molecule has 1 aromatic heterocycles. The molecule has 31 heavy (non-hydrogen) atoms. The lowest BCUT2D eigenvalue weighted by molar-refractivity contribution is 0.238. The van der Waals surface area contributed by atoms with Crippen LogP contribution in [0.1, 0.15) is 35.4 Å². The van der Waals surface area contributed by atoms with E-state index in [0.717, 1.165) is 23.6 Å². The van der Waals surface area contributed by atoms with Gasteiger partial charge < -0.3 is 9.84 Å². The maximum Gasteiger partial charge on any atom is 0.119 e. The summed E-state index contributed by atoms with van der Waals surface area (Å²) < 4.78 is 7.17. The summed E-state index contributed by atoms with van der Waals surface area (Å²) in [4.78, 5) is 3.80. The summed E-state index contributed by atoms with van der Waals surface area (Å²) in [6.07, 6.45) is 2.63. The van der Waals surface area contributed by atoms with Crippen LogP contribution in [0.5, 0.6) is 11.5 Å². The van der Waals surface area contributed by atoms with Crippen molar-refractivity contribution in [1.29, 1.82) is 0 Å². The number of rotatable bonds is 5. The van der Waals surface area contributed by atoms with Crippen molar-refractivity contribution in [3.8, 4) is 21.9 Å². The molecule has 1 aliphatic heterocycles. The van der Waals surface area contributed by atoms with Crippen LogP contribution >= 0.6 is 11.3 Å². The molecule has 4 heteroatoms. The van der Waals surface area contributed by atoms with Crippen molar-refractivity contribution in [2.75, 3.05) is 26.2 Å². The van der Waals surface area contributed by atoms with Crippen molar-refractivity contribution in [2.45, 2.75) is 18.8 Å². The van der Waals surface area contributed by atoms with Gasteiger partial charge in [0.25, 0.3) is 0 Å². The van der Waals surface area contributed by atoms with E-state index in [1.165, 1.54) is 58.4 Å². The van der Waals surface area contributed by atoms with E-state index < -0.39 is 0 Å².